The molecule has 1 aromatic rings. The number of aryl methyl sites for hydroxylation is 2. The first-order valence-corrected chi connectivity index (χ1v) is 6.39. The molecule has 0 aliphatic rings. The van der Waals surface area contributed by atoms with Crippen LogP contribution in [0.15, 0.2) is 0 Å². The van der Waals surface area contributed by atoms with Gasteiger partial charge in [-0.25, -0.2) is 9.78 Å². The Bertz CT molecular complexity index is 362. The van der Waals surface area contributed by atoms with Gasteiger partial charge in [0.15, 0.2) is 5.13 Å². The molecule has 0 bridgehead atoms. The van der Waals surface area contributed by atoms with E-state index in [4.69, 9.17) is 0 Å². The number of anilines is 1. The fourth-order valence-corrected chi connectivity index (χ4v) is 2.49. The number of hydrogen-bond acceptors (Lipinski definition) is 3. The third-order valence-corrected chi connectivity index (χ3v) is 3.57. The molecule has 2 amide bonds. The van der Waals surface area contributed by atoms with E-state index in [0.29, 0.717) is 6.54 Å². The van der Waals surface area contributed by atoms with E-state index < -0.39 is 0 Å². The van der Waals surface area contributed by atoms with Gasteiger partial charge < -0.3 is 5.32 Å². The summed E-state index contributed by atoms with van der Waals surface area (Å²) in [6, 6.07) is -0.0979. The van der Waals surface area contributed by atoms with Crippen LogP contribution in [0.4, 0.5) is 9.93 Å². The summed E-state index contributed by atoms with van der Waals surface area (Å²) in [6.45, 7) is 6.68. The van der Waals surface area contributed by atoms with Crippen LogP contribution in [0.1, 0.15) is 30.8 Å². The van der Waals surface area contributed by atoms with Crippen molar-refractivity contribution in [3.63, 3.8) is 0 Å². The molecule has 0 atom stereocenters. The zero-order valence-electron chi connectivity index (χ0n) is 10.3. The fourth-order valence-electron chi connectivity index (χ4n) is 1.37. The third-order valence-electron chi connectivity index (χ3n) is 2.28. The van der Waals surface area contributed by atoms with Crippen molar-refractivity contribution in [3.05, 3.63) is 10.6 Å². The number of aromatic nitrogens is 1. The molecular formula is C11H19N3OS. The van der Waals surface area contributed by atoms with Gasteiger partial charge in [0.2, 0.25) is 0 Å². The molecule has 5 heteroatoms. The molecule has 0 aliphatic heterocycles. The molecule has 4 nitrogen and oxygen atoms in total. The van der Waals surface area contributed by atoms with Crippen molar-refractivity contribution < 1.29 is 4.79 Å². The standard InChI is InChI=1S/C11H19N3OS/c1-5-7-9-8(3)13-11(16-9)14(4)10(15)12-6-2/h5-7H2,1-4H3,(H,12,15). The Hall–Kier alpha value is -1.10. The number of carbonyl (C=O) groups is 1. The zero-order chi connectivity index (χ0) is 12.1. The molecule has 90 valence electrons. The van der Waals surface area contributed by atoms with Gasteiger partial charge in [0.1, 0.15) is 0 Å². The topological polar surface area (TPSA) is 45.2 Å². The van der Waals surface area contributed by atoms with Crippen LogP contribution in [0, 0.1) is 6.92 Å². The van der Waals surface area contributed by atoms with Gasteiger partial charge in [-0.1, -0.05) is 13.3 Å². The molecule has 0 unspecified atom stereocenters. The van der Waals surface area contributed by atoms with Gasteiger partial charge in [-0.2, -0.15) is 0 Å². The van der Waals surface area contributed by atoms with Gasteiger partial charge in [0.05, 0.1) is 5.69 Å². The molecule has 1 aromatic heterocycles. The van der Waals surface area contributed by atoms with Crippen LogP contribution in [0.5, 0.6) is 0 Å². The van der Waals surface area contributed by atoms with E-state index in [2.05, 4.69) is 17.2 Å². The van der Waals surface area contributed by atoms with Gasteiger partial charge >= 0.3 is 6.03 Å². The van der Waals surface area contributed by atoms with Gasteiger partial charge in [-0.15, -0.1) is 11.3 Å². The molecule has 16 heavy (non-hydrogen) atoms. The minimum Gasteiger partial charge on any atom is -0.338 e. The van der Waals surface area contributed by atoms with Crippen molar-refractivity contribution >= 4 is 22.5 Å². The number of nitrogens with one attached hydrogen (secondary N) is 1. The maximum atomic E-state index is 11.6. The van der Waals surface area contributed by atoms with E-state index in [1.165, 1.54) is 4.88 Å². The van der Waals surface area contributed by atoms with E-state index >= 15 is 0 Å². The summed E-state index contributed by atoms with van der Waals surface area (Å²) >= 11 is 1.60. The van der Waals surface area contributed by atoms with E-state index in [1.807, 2.05) is 13.8 Å². The summed E-state index contributed by atoms with van der Waals surface area (Å²) in [5, 5.41) is 3.53. The Kier molecular flexibility index (Phi) is 4.73. The molecule has 0 saturated carbocycles. The first-order chi connectivity index (χ1) is 7.60. The molecule has 1 heterocycles. The molecular weight excluding hydrogens is 222 g/mol. The molecule has 0 fully saturated rings. The summed E-state index contributed by atoms with van der Waals surface area (Å²) in [6.07, 6.45) is 2.14. The minimum atomic E-state index is -0.0979. The number of amides is 2. The molecule has 0 aromatic carbocycles. The lowest BCUT2D eigenvalue weighted by Gasteiger charge is -2.13. The highest BCUT2D eigenvalue weighted by molar-refractivity contribution is 7.15. The second-order valence-electron chi connectivity index (χ2n) is 3.65. The smallest absolute Gasteiger partial charge is 0.323 e. The minimum absolute atomic E-state index is 0.0979. The van der Waals surface area contributed by atoms with Crippen molar-refractivity contribution in [3.8, 4) is 0 Å². The monoisotopic (exact) mass is 241 g/mol. The van der Waals surface area contributed by atoms with E-state index in [0.717, 1.165) is 23.7 Å². The van der Waals surface area contributed by atoms with E-state index in [-0.39, 0.29) is 6.03 Å². The molecule has 0 saturated heterocycles. The second kappa shape index (κ2) is 5.84. The number of carbonyl (C=O) groups excluding carboxylic acids is 1. The van der Waals surface area contributed by atoms with Crippen LogP contribution >= 0.6 is 11.3 Å². The molecule has 0 aliphatic carbocycles. The van der Waals surface area contributed by atoms with Crippen molar-refractivity contribution in [2.45, 2.75) is 33.6 Å². The highest BCUT2D eigenvalue weighted by Crippen LogP contribution is 2.26. The zero-order valence-corrected chi connectivity index (χ0v) is 11.1. The average molecular weight is 241 g/mol. The third kappa shape index (κ3) is 2.95. The average Bonchev–Trinajstić information content (AvgIpc) is 2.60. The normalized spacial score (nSPS) is 10.2. The van der Waals surface area contributed by atoms with Crippen LogP contribution < -0.4 is 10.2 Å². The number of rotatable bonds is 4. The lowest BCUT2D eigenvalue weighted by Crippen LogP contribution is -2.36. The summed E-state index contributed by atoms with van der Waals surface area (Å²) in [5.41, 5.74) is 1.04. The Morgan fingerprint density at radius 1 is 1.50 bits per heavy atom. The maximum absolute atomic E-state index is 11.6. The fraction of sp³-hybridized carbons (Fsp3) is 0.636. The van der Waals surface area contributed by atoms with Crippen LogP contribution in [-0.4, -0.2) is 24.6 Å². The number of nitrogens with zero attached hydrogens (tertiary/aromatic N) is 2. The first-order valence-electron chi connectivity index (χ1n) is 5.58. The lowest BCUT2D eigenvalue weighted by molar-refractivity contribution is 0.248. The van der Waals surface area contributed by atoms with Crippen molar-refractivity contribution in [2.24, 2.45) is 0 Å². The van der Waals surface area contributed by atoms with Gasteiger partial charge in [0.25, 0.3) is 0 Å². The van der Waals surface area contributed by atoms with Crippen molar-refractivity contribution in [1.29, 1.82) is 0 Å². The molecule has 0 radical (unpaired) electrons. The predicted molar refractivity (Wildman–Crippen MR) is 68.3 cm³/mol. The van der Waals surface area contributed by atoms with Gasteiger partial charge in [0, 0.05) is 18.5 Å². The van der Waals surface area contributed by atoms with Crippen LogP contribution in [0.25, 0.3) is 0 Å². The second-order valence-corrected chi connectivity index (χ2v) is 4.71. The lowest BCUT2D eigenvalue weighted by atomic mass is 10.2. The van der Waals surface area contributed by atoms with E-state index in [1.54, 1.807) is 23.3 Å². The first kappa shape index (κ1) is 13.0. The SMILES string of the molecule is CCCc1sc(N(C)C(=O)NCC)nc1C. The largest absolute Gasteiger partial charge is 0.338 e. The van der Waals surface area contributed by atoms with Crippen LogP contribution in [0.3, 0.4) is 0 Å². The van der Waals surface area contributed by atoms with E-state index in [9.17, 15) is 4.79 Å². The number of thiazole rings is 1. The Morgan fingerprint density at radius 2 is 2.19 bits per heavy atom. The Labute approximate surface area is 101 Å². The van der Waals surface area contributed by atoms with Crippen molar-refractivity contribution in [2.75, 3.05) is 18.5 Å². The van der Waals surface area contributed by atoms with Gasteiger partial charge in [-0.05, 0) is 20.3 Å². The summed E-state index contributed by atoms with van der Waals surface area (Å²) in [4.78, 5) is 18.9. The van der Waals surface area contributed by atoms with Crippen molar-refractivity contribution in [1.82, 2.24) is 10.3 Å². The Balaban J connectivity index is 2.79. The summed E-state index contributed by atoms with van der Waals surface area (Å²) in [5.74, 6) is 0. The quantitative estimate of drug-likeness (QED) is 0.880. The summed E-state index contributed by atoms with van der Waals surface area (Å²) < 4.78 is 0. The van der Waals surface area contributed by atoms with Crippen LogP contribution in [0.2, 0.25) is 0 Å². The van der Waals surface area contributed by atoms with Gasteiger partial charge in [-0.3, -0.25) is 4.90 Å². The molecule has 1 N–H and O–H groups in total. The highest BCUT2D eigenvalue weighted by atomic mass is 32.1. The maximum Gasteiger partial charge on any atom is 0.323 e. The summed E-state index contributed by atoms with van der Waals surface area (Å²) in [7, 11) is 1.75. The Morgan fingerprint density at radius 3 is 2.75 bits per heavy atom. The number of urea groups is 1. The van der Waals surface area contributed by atoms with Crippen LogP contribution in [-0.2, 0) is 6.42 Å². The molecule has 0 spiro atoms. The highest BCUT2D eigenvalue weighted by Gasteiger charge is 2.15. The molecule has 1 rings (SSSR count). The number of hydrogen-bond donors (Lipinski definition) is 1. The predicted octanol–water partition coefficient (Wildman–Crippen LogP) is 2.57.